The topological polar surface area (TPSA) is 0 Å². The zero-order valence-electron chi connectivity index (χ0n) is 9.07. The lowest BCUT2D eigenvalue weighted by molar-refractivity contribution is -0.138. The van der Waals surface area contributed by atoms with Crippen molar-refractivity contribution in [2.45, 2.75) is 33.4 Å². The van der Waals surface area contributed by atoms with Gasteiger partial charge < -0.3 is 0 Å². The molecule has 0 fully saturated rings. The first-order valence-electron chi connectivity index (χ1n) is 4.87. The molecule has 0 atom stereocenters. The molecule has 0 nitrogen and oxygen atoms in total. The Balaban J connectivity index is 3.41. The molecule has 1 rings (SSSR count). The normalized spacial score (nSPS) is 12.2. The third kappa shape index (κ3) is 2.52. The zero-order valence-corrected chi connectivity index (χ0v) is 9.07. The van der Waals surface area contributed by atoms with Crippen LogP contribution in [0.4, 0.5) is 13.2 Å². The maximum Gasteiger partial charge on any atom is 0.416 e. The van der Waals surface area contributed by atoms with Gasteiger partial charge in [-0.15, -0.1) is 0 Å². The van der Waals surface area contributed by atoms with Gasteiger partial charge in [0.15, 0.2) is 0 Å². The van der Waals surface area contributed by atoms with E-state index >= 15 is 0 Å². The summed E-state index contributed by atoms with van der Waals surface area (Å²) in [7, 11) is 0. The Morgan fingerprint density at radius 1 is 1.20 bits per heavy atom. The van der Waals surface area contributed by atoms with Crippen molar-refractivity contribution in [2.75, 3.05) is 0 Å². The van der Waals surface area contributed by atoms with Gasteiger partial charge in [-0.3, -0.25) is 0 Å². The Bertz CT molecular complexity index is 337. The third-order valence-corrected chi connectivity index (χ3v) is 2.35. The minimum Gasteiger partial charge on any atom is -0.166 e. The predicted octanol–water partition coefficient (Wildman–Crippen LogP) is 4.23. The molecule has 0 bridgehead atoms. The number of hydrogen-bond donors (Lipinski definition) is 0. The highest BCUT2D eigenvalue weighted by Gasteiger charge is 2.35. The minimum absolute atomic E-state index is 0.307. The second kappa shape index (κ2) is 4.25. The fourth-order valence-electron chi connectivity index (χ4n) is 1.65. The molecule has 0 unspecified atom stereocenters. The van der Waals surface area contributed by atoms with Crippen LogP contribution >= 0.6 is 0 Å². The molecule has 83 valence electrons. The van der Waals surface area contributed by atoms with E-state index in [1.54, 1.807) is 26.8 Å². The van der Waals surface area contributed by atoms with Crippen molar-refractivity contribution in [3.8, 4) is 0 Å². The van der Waals surface area contributed by atoms with Crippen LogP contribution < -0.4 is 0 Å². The van der Waals surface area contributed by atoms with Gasteiger partial charge in [-0.2, -0.15) is 13.2 Å². The third-order valence-electron chi connectivity index (χ3n) is 2.35. The first-order chi connectivity index (χ1) is 6.88. The molecule has 0 aliphatic rings. The zero-order chi connectivity index (χ0) is 11.6. The van der Waals surface area contributed by atoms with E-state index in [9.17, 15) is 13.2 Å². The first-order valence-corrected chi connectivity index (χ1v) is 4.87. The van der Waals surface area contributed by atoms with E-state index in [0.29, 0.717) is 23.5 Å². The average molecular weight is 215 g/mol. The van der Waals surface area contributed by atoms with E-state index in [4.69, 9.17) is 0 Å². The smallest absolute Gasteiger partial charge is 0.166 e. The summed E-state index contributed by atoms with van der Waals surface area (Å²) in [6.45, 7) is 5.13. The molecular weight excluding hydrogens is 201 g/mol. The van der Waals surface area contributed by atoms with Crippen LogP contribution in [0.1, 0.15) is 37.5 Å². The van der Waals surface area contributed by atoms with Crippen LogP contribution in [0.25, 0.3) is 0 Å². The second-order valence-corrected chi connectivity index (χ2v) is 3.69. The van der Waals surface area contributed by atoms with E-state index in [2.05, 4.69) is 0 Å². The van der Waals surface area contributed by atoms with Gasteiger partial charge in [0, 0.05) is 0 Å². The monoisotopic (exact) mass is 215 g/mol. The highest BCUT2D eigenvalue weighted by Crippen LogP contribution is 2.37. The van der Waals surface area contributed by atoms with Crippen molar-refractivity contribution < 1.29 is 13.2 Å². The van der Waals surface area contributed by atoms with Gasteiger partial charge in [-0.05, 0) is 23.5 Å². The number of benzene rings is 1. The van der Waals surface area contributed by atoms with Crippen LogP contribution in [0.15, 0.2) is 18.2 Å². The van der Waals surface area contributed by atoms with Gasteiger partial charge >= 0.3 is 6.18 Å². The standard InChI is InChI=1S/C12H14F3/c1-4-9-6-5-7-10(8(2)3)11(9)12(13,14)15/h5-7H,4H2,1-3H3. The average Bonchev–Trinajstić information content (AvgIpc) is 2.15. The molecule has 0 aromatic heterocycles. The van der Waals surface area contributed by atoms with Gasteiger partial charge in [0.1, 0.15) is 0 Å². The summed E-state index contributed by atoms with van der Waals surface area (Å²) >= 11 is 0. The van der Waals surface area contributed by atoms with Crippen molar-refractivity contribution in [3.63, 3.8) is 0 Å². The number of rotatable bonds is 2. The summed E-state index contributed by atoms with van der Waals surface area (Å²) in [6, 6.07) is 4.74. The van der Waals surface area contributed by atoms with Crippen LogP contribution in [0.3, 0.4) is 0 Å². The summed E-state index contributed by atoms with van der Waals surface area (Å²) < 4.78 is 38.5. The molecule has 0 saturated carbocycles. The van der Waals surface area contributed by atoms with Crippen molar-refractivity contribution >= 4 is 0 Å². The Morgan fingerprint density at radius 3 is 2.20 bits per heavy atom. The summed E-state index contributed by atoms with van der Waals surface area (Å²) in [5.41, 5.74) is 0.190. The highest BCUT2D eigenvalue weighted by atomic mass is 19.4. The maximum absolute atomic E-state index is 12.8. The van der Waals surface area contributed by atoms with Crippen LogP contribution in [-0.2, 0) is 12.6 Å². The Kier molecular flexibility index (Phi) is 3.42. The van der Waals surface area contributed by atoms with Crippen molar-refractivity contribution in [1.82, 2.24) is 0 Å². The first kappa shape index (κ1) is 12.1. The molecule has 0 aliphatic heterocycles. The number of alkyl halides is 3. The molecular formula is C12H14F3. The number of halogens is 3. The predicted molar refractivity (Wildman–Crippen MR) is 54.5 cm³/mol. The maximum atomic E-state index is 12.8. The Labute approximate surface area is 88.1 Å². The van der Waals surface area contributed by atoms with E-state index < -0.39 is 11.7 Å². The summed E-state index contributed by atoms with van der Waals surface area (Å²) in [5.74, 6) is 0.692. The summed E-state index contributed by atoms with van der Waals surface area (Å²) in [6.07, 6.45) is -3.87. The van der Waals surface area contributed by atoms with Gasteiger partial charge in [-0.25, -0.2) is 0 Å². The largest absolute Gasteiger partial charge is 0.416 e. The highest BCUT2D eigenvalue weighted by molar-refractivity contribution is 5.44. The summed E-state index contributed by atoms with van der Waals surface area (Å²) in [5, 5.41) is 0. The van der Waals surface area contributed by atoms with E-state index in [-0.39, 0.29) is 0 Å². The lowest BCUT2D eigenvalue weighted by atomic mass is 9.92. The lowest BCUT2D eigenvalue weighted by Crippen LogP contribution is -2.13. The number of aryl methyl sites for hydroxylation is 1. The van der Waals surface area contributed by atoms with Crippen LogP contribution in [0, 0.1) is 5.92 Å². The lowest BCUT2D eigenvalue weighted by Gasteiger charge is -2.18. The molecule has 0 spiro atoms. The molecule has 0 saturated heterocycles. The van der Waals surface area contributed by atoms with Crippen LogP contribution in [0.5, 0.6) is 0 Å². The molecule has 0 N–H and O–H groups in total. The molecule has 1 aromatic carbocycles. The quantitative estimate of drug-likeness (QED) is 0.692. The summed E-state index contributed by atoms with van der Waals surface area (Å²) in [4.78, 5) is 0. The van der Waals surface area contributed by atoms with E-state index in [0.717, 1.165) is 0 Å². The molecule has 1 radical (unpaired) electrons. The molecule has 15 heavy (non-hydrogen) atoms. The fourth-order valence-corrected chi connectivity index (χ4v) is 1.65. The van der Waals surface area contributed by atoms with Crippen LogP contribution in [-0.4, -0.2) is 0 Å². The van der Waals surface area contributed by atoms with Gasteiger partial charge in [-0.1, -0.05) is 39.0 Å². The number of hydrogen-bond acceptors (Lipinski definition) is 0. The molecule has 1 aromatic rings. The molecule has 0 amide bonds. The van der Waals surface area contributed by atoms with Crippen molar-refractivity contribution in [3.05, 3.63) is 40.8 Å². The van der Waals surface area contributed by atoms with Crippen molar-refractivity contribution in [1.29, 1.82) is 0 Å². The van der Waals surface area contributed by atoms with Gasteiger partial charge in [0.2, 0.25) is 0 Å². The molecule has 3 heteroatoms. The SMILES string of the molecule is CCc1cccc([C](C)C)c1C(F)(F)F. The molecule has 0 heterocycles. The van der Waals surface area contributed by atoms with Gasteiger partial charge in [0.25, 0.3) is 0 Å². The van der Waals surface area contributed by atoms with Crippen molar-refractivity contribution in [2.24, 2.45) is 0 Å². The van der Waals surface area contributed by atoms with Gasteiger partial charge in [0.05, 0.1) is 5.56 Å². The Morgan fingerprint density at radius 2 is 1.80 bits per heavy atom. The van der Waals surface area contributed by atoms with E-state index in [1.165, 1.54) is 12.1 Å². The molecule has 0 aliphatic carbocycles. The minimum atomic E-state index is -4.26. The fraction of sp³-hybridized carbons (Fsp3) is 0.417. The van der Waals surface area contributed by atoms with Crippen LogP contribution in [0.2, 0.25) is 0 Å². The second-order valence-electron chi connectivity index (χ2n) is 3.69. The van der Waals surface area contributed by atoms with E-state index in [1.807, 2.05) is 0 Å². The Hall–Kier alpha value is -0.990.